The number of carboxylic acids is 1. The Hall–Kier alpha value is -3.43. The SMILES string of the molecule is COc1cc(N2CCC(COc3cc(C(CC(=O)O)C4CC4)ccn3)CC2)c([N+](=O)[O-])cn1. The maximum atomic E-state index is 11.4. The topological polar surface area (TPSA) is 128 Å². The first-order chi connectivity index (χ1) is 15.9. The molecule has 1 saturated heterocycles. The van der Waals surface area contributed by atoms with Crippen molar-refractivity contribution in [3.8, 4) is 11.8 Å². The summed E-state index contributed by atoms with van der Waals surface area (Å²) in [5.41, 5.74) is 1.46. The normalized spacial score (nSPS) is 17.4. The van der Waals surface area contributed by atoms with Gasteiger partial charge in [0.05, 0.1) is 25.1 Å². The van der Waals surface area contributed by atoms with E-state index in [1.54, 1.807) is 12.3 Å². The van der Waals surface area contributed by atoms with Gasteiger partial charge in [-0.1, -0.05) is 0 Å². The molecule has 1 unspecified atom stereocenters. The maximum absolute atomic E-state index is 11.4. The standard InChI is InChI=1S/C23H28N4O6/c1-32-21-12-19(20(13-25-21)27(30)31)26-8-5-15(6-9-26)14-33-22-10-17(4-7-24-22)18(11-23(28)29)16-2-3-16/h4,7,10,12-13,15-16,18H,2-3,5-6,8-9,11,14H2,1H3,(H,28,29). The van der Waals surface area contributed by atoms with Crippen LogP contribution in [0.5, 0.6) is 11.8 Å². The first-order valence-electron chi connectivity index (χ1n) is 11.2. The number of rotatable bonds is 10. The van der Waals surface area contributed by atoms with Crippen LogP contribution in [0.2, 0.25) is 0 Å². The van der Waals surface area contributed by atoms with Gasteiger partial charge in [-0.25, -0.2) is 9.97 Å². The Bertz CT molecular complexity index is 1000. The molecule has 0 bridgehead atoms. The molecule has 2 aromatic rings. The molecule has 33 heavy (non-hydrogen) atoms. The summed E-state index contributed by atoms with van der Waals surface area (Å²) >= 11 is 0. The molecule has 0 spiro atoms. The Morgan fingerprint density at radius 1 is 1.24 bits per heavy atom. The van der Waals surface area contributed by atoms with Crippen molar-refractivity contribution in [3.63, 3.8) is 0 Å². The van der Waals surface area contributed by atoms with Gasteiger partial charge in [-0.3, -0.25) is 14.9 Å². The van der Waals surface area contributed by atoms with Gasteiger partial charge in [0.2, 0.25) is 11.8 Å². The zero-order valence-corrected chi connectivity index (χ0v) is 18.6. The van der Waals surface area contributed by atoms with Crippen LogP contribution in [-0.4, -0.2) is 52.8 Å². The molecule has 10 nitrogen and oxygen atoms in total. The molecule has 0 aromatic carbocycles. The van der Waals surface area contributed by atoms with Gasteiger partial charge in [-0.05, 0) is 55.1 Å². The molecule has 0 radical (unpaired) electrons. The second kappa shape index (κ2) is 10.0. The molecule has 4 rings (SSSR count). The largest absolute Gasteiger partial charge is 0.481 e. The second-order valence-corrected chi connectivity index (χ2v) is 8.68. The van der Waals surface area contributed by atoms with E-state index in [2.05, 4.69) is 9.97 Å². The van der Waals surface area contributed by atoms with Crippen LogP contribution < -0.4 is 14.4 Å². The smallest absolute Gasteiger partial charge is 0.310 e. The summed E-state index contributed by atoms with van der Waals surface area (Å²) in [6.45, 7) is 1.83. The minimum absolute atomic E-state index is 0.00392. The number of carboxylic acid groups (broad SMARTS) is 1. The number of piperidine rings is 1. The van der Waals surface area contributed by atoms with Gasteiger partial charge in [0, 0.05) is 31.4 Å². The quantitative estimate of drug-likeness (QED) is 0.421. The van der Waals surface area contributed by atoms with Crippen molar-refractivity contribution in [3.05, 3.63) is 46.3 Å². The molecule has 176 valence electrons. The van der Waals surface area contributed by atoms with Crippen LogP contribution in [-0.2, 0) is 4.79 Å². The van der Waals surface area contributed by atoms with Gasteiger partial charge < -0.3 is 19.5 Å². The highest BCUT2D eigenvalue weighted by atomic mass is 16.6. The summed E-state index contributed by atoms with van der Waals surface area (Å²) in [6.07, 6.45) is 6.82. The van der Waals surface area contributed by atoms with Gasteiger partial charge in [0.1, 0.15) is 11.9 Å². The predicted octanol–water partition coefficient (Wildman–Crippen LogP) is 3.66. The summed E-state index contributed by atoms with van der Waals surface area (Å²) < 4.78 is 11.1. The molecule has 1 N–H and O–H groups in total. The number of aliphatic carboxylic acids is 1. The average Bonchev–Trinajstić information content (AvgIpc) is 3.66. The number of nitrogens with zero attached hydrogens (tertiary/aromatic N) is 4. The molecule has 1 aliphatic heterocycles. The summed E-state index contributed by atoms with van der Waals surface area (Å²) in [4.78, 5) is 32.5. The zero-order valence-electron chi connectivity index (χ0n) is 18.6. The maximum Gasteiger partial charge on any atom is 0.310 e. The second-order valence-electron chi connectivity index (χ2n) is 8.68. The van der Waals surface area contributed by atoms with Gasteiger partial charge in [-0.15, -0.1) is 0 Å². The number of hydrogen-bond acceptors (Lipinski definition) is 8. The molecule has 1 aliphatic carbocycles. The molecule has 1 saturated carbocycles. The third kappa shape index (κ3) is 5.68. The monoisotopic (exact) mass is 456 g/mol. The van der Waals surface area contributed by atoms with Gasteiger partial charge >= 0.3 is 11.7 Å². The van der Waals surface area contributed by atoms with E-state index in [9.17, 15) is 20.0 Å². The van der Waals surface area contributed by atoms with Crippen molar-refractivity contribution in [2.75, 3.05) is 31.7 Å². The predicted molar refractivity (Wildman–Crippen MR) is 120 cm³/mol. The van der Waals surface area contributed by atoms with Gasteiger partial charge in [0.15, 0.2) is 0 Å². The highest BCUT2D eigenvalue weighted by Gasteiger charge is 2.34. The van der Waals surface area contributed by atoms with Crippen molar-refractivity contribution in [1.29, 1.82) is 0 Å². The van der Waals surface area contributed by atoms with E-state index in [1.807, 2.05) is 17.0 Å². The number of anilines is 1. The number of ether oxygens (including phenoxy) is 2. The zero-order chi connectivity index (χ0) is 23.4. The van der Waals surface area contributed by atoms with Crippen molar-refractivity contribution in [1.82, 2.24) is 9.97 Å². The van der Waals surface area contributed by atoms with Crippen molar-refractivity contribution < 1.29 is 24.3 Å². The number of carbonyl (C=O) groups is 1. The van der Waals surface area contributed by atoms with E-state index in [1.165, 1.54) is 13.3 Å². The fourth-order valence-electron chi connectivity index (χ4n) is 4.45. The third-order valence-corrected chi connectivity index (χ3v) is 6.44. The number of hydrogen-bond donors (Lipinski definition) is 1. The fraction of sp³-hybridized carbons (Fsp3) is 0.522. The molecular formula is C23H28N4O6. The lowest BCUT2D eigenvalue weighted by Crippen LogP contribution is -2.36. The van der Waals surface area contributed by atoms with E-state index in [0.29, 0.717) is 49.0 Å². The lowest BCUT2D eigenvalue weighted by atomic mass is 9.92. The highest BCUT2D eigenvalue weighted by molar-refractivity contribution is 5.68. The van der Waals surface area contributed by atoms with E-state index in [4.69, 9.17) is 9.47 Å². The Labute approximate surface area is 191 Å². The summed E-state index contributed by atoms with van der Waals surface area (Å²) in [6, 6.07) is 5.36. The summed E-state index contributed by atoms with van der Waals surface area (Å²) in [7, 11) is 1.49. The molecule has 0 amide bonds. The lowest BCUT2D eigenvalue weighted by molar-refractivity contribution is -0.384. The lowest BCUT2D eigenvalue weighted by Gasteiger charge is -2.33. The fourth-order valence-corrected chi connectivity index (χ4v) is 4.45. The molecule has 2 aliphatic rings. The molecule has 1 atom stereocenters. The number of aromatic nitrogens is 2. The Morgan fingerprint density at radius 3 is 2.64 bits per heavy atom. The average molecular weight is 456 g/mol. The van der Waals surface area contributed by atoms with Crippen LogP contribution >= 0.6 is 0 Å². The van der Waals surface area contributed by atoms with Crippen LogP contribution in [0.25, 0.3) is 0 Å². The van der Waals surface area contributed by atoms with Crippen molar-refractivity contribution >= 4 is 17.3 Å². The minimum atomic E-state index is -0.787. The van der Waals surface area contributed by atoms with E-state index >= 15 is 0 Å². The van der Waals surface area contributed by atoms with E-state index in [0.717, 1.165) is 31.2 Å². The Kier molecular flexibility index (Phi) is 6.90. The number of nitro groups is 1. The van der Waals surface area contributed by atoms with Crippen LogP contribution in [0.1, 0.15) is 43.6 Å². The van der Waals surface area contributed by atoms with Crippen LogP contribution in [0.15, 0.2) is 30.6 Å². The molecular weight excluding hydrogens is 428 g/mol. The van der Waals surface area contributed by atoms with Gasteiger partial charge in [0.25, 0.3) is 0 Å². The summed E-state index contributed by atoms with van der Waals surface area (Å²) in [5.74, 6) is 0.804. The van der Waals surface area contributed by atoms with E-state index < -0.39 is 10.9 Å². The van der Waals surface area contributed by atoms with E-state index in [-0.39, 0.29) is 18.0 Å². The molecule has 2 fully saturated rings. The first kappa shape index (κ1) is 22.8. The highest BCUT2D eigenvalue weighted by Crippen LogP contribution is 2.45. The van der Waals surface area contributed by atoms with Crippen LogP contribution in [0.4, 0.5) is 11.4 Å². The summed E-state index contributed by atoms with van der Waals surface area (Å²) in [5, 5.41) is 20.7. The van der Waals surface area contributed by atoms with Crippen molar-refractivity contribution in [2.45, 2.75) is 38.0 Å². The number of methoxy groups -OCH3 is 1. The first-order valence-corrected chi connectivity index (χ1v) is 11.2. The Morgan fingerprint density at radius 2 is 2.00 bits per heavy atom. The molecule has 10 heteroatoms. The molecule has 2 aromatic heterocycles. The number of pyridine rings is 2. The van der Waals surface area contributed by atoms with Crippen LogP contribution in [0.3, 0.4) is 0 Å². The van der Waals surface area contributed by atoms with Crippen LogP contribution in [0, 0.1) is 22.0 Å². The van der Waals surface area contributed by atoms with Gasteiger partial charge in [-0.2, -0.15) is 0 Å². The Balaban J connectivity index is 1.34. The molecule has 3 heterocycles. The third-order valence-electron chi connectivity index (χ3n) is 6.44. The minimum Gasteiger partial charge on any atom is -0.481 e. The van der Waals surface area contributed by atoms with Crippen molar-refractivity contribution in [2.24, 2.45) is 11.8 Å².